The van der Waals surface area contributed by atoms with Gasteiger partial charge in [-0.2, -0.15) is 0 Å². The third-order valence-corrected chi connectivity index (χ3v) is 7.42. The Morgan fingerprint density at radius 1 is 0.474 bits per heavy atom. The van der Waals surface area contributed by atoms with Crippen LogP contribution in [0, 0.1) is 0 Å². The van der Waals surface area contributed by atoms with Crippen LogP contribution in [0.1, 0.15) is 5.56 Å². The van der Waals surface area contributed by atoms with Gasteiger partial charge in [-0.3, -0.25) is 0 Å². The first kappa shape index (κ1) is 22.1. The summed E-state index contributed by atoms with van der Waals surface area (Å²) >= 11 is 0. The fourth-order valence-electron chi connectivity index (χ4n) is 5.62. The van der Waals surface area contributed by atoms with E-state index in [2.05, 4.69) is 156 Å². The zero-order valence-electron chi connectivity index (χ0n) is 21.0. The molecular formula is C36H26N2. The molecule has 2 heterocycles. The maximum absolute atomic E-state index is 4.40. The van der Waals surface area contributed by atoms with E-state index in [1.807, 2.05) is 0 Å². The van der Waals surface area contributed by atoms with E-state index in [0.717, 1.165) is 33.6 Å². The summed E-state index contributed by atoms with van der Waals surface area (Å²) in [5.74, 6) is 0. The molecule has 0 amide bonds. The number of fused-ring (bicyclic) bond motifs is 6. The number of nitrogens with zero attached hydrogens (tertiary/aromatic N) is 2. The van der Waals surface area contributed by atoms with E-state index in [-0.39, 0.29) is 0 Å². The predicted molar refractivity (Wildman–Crippen MR) is 164 cm³/mol. The minimum Gasteiger partial charge on any atom is -0.310 e. The topological polar surface area (TPSA) is 9.86 Å². The first-order valence-corrected chi connectivity index (χ1v) is 12.8. The maximum atomic E-state index is 4.40. The molecule has 7 rings (SSSR count). The molecule has 0 aliphatic heterocycles. The highest BCUT2D eigenvalue weighted by molar-refractivity contribution is 6.11. The molecule has 5 aromatic carbocycles. The van der Waals surface area contributed by atoms with Gasteiger partial charge in [-0.25, -0.2) is 0 Å². The van der Waals surface area contributed by atoms with E-state index in [9.17, 15) is 0 Å². The molecule has 0 spiro atoms. The Bertz CT molecular complexity index is 1940. The minimum atomic E-state index is 0.908. The van der Waals surface area contributed by atoms with Gasteiger partial charge in [0.15, 0.2) is 0 Å². The second-order valence-electron chi connectivity index (χ2n) is 9.64. The van der Waals surface area contributed by atoms with Crippen molar-refractivity contribution < 1.29 is 0 Å². The molecule has 0 unspecified atom stereocenters. The second kappa shape index (κ2) is 8.79. The van der Waals surface area contributed by atoms with Gasteiger partial charge in [-0.15, -0.1) is 0 Å². The lowest BCUT2D eigenvalue weighted by Gasteiger charge is -2.10. The molecule has 0 aliphatic carbocycles. The van der Waals surface area contributed by atoms with Gasteiger partial charge in [-0.05, 0) is 53.6 Å². The molecule has 0 radical (unpaired) electrons. The van der Waals surface area contributed by atoms with Crippen LogP contribution in [0.4, 0.5) is 0 Å². The highest BCUT2D eigenvalue weighted by atomic mass is 15.0. The van der Waals surface area contributed by atoms with Crippen molar-refractivity contribution in [3.63, 3.8) is 0 Å². The lowest BCUT2D eigenvalue weighted by Crippen LogP contribution is -1.94. The van der Waals surface area contributed by atoms with Gasteiger partial charge in [0, 0.05) is 32.9 Å². The fourth-order valence-corrected chi connectivity index (χ4v) is 5.62. The molecule has 2 nitrogen and oxygen atoms in total. The molecule has 0 aliphatic rings. The van der Waals surface area contributed by atoms with E-state index in [0.29, 0.717) is 0 Å². The number of para-hydroxylation sites is 4. The second-order valence-corrected chi connectivity index (χ2v) is 9.64. The molecule has 38 heavy (non-hydrogen) atoms. The Morgan fingerprint density at radius 2 is 0.895 bits per heavy atom. The highest BCUT2D eigenvalue weighted by Gasteiger charge is 2.12. The van der Waals surface area contributed by atoms with Crippen molar-refractivity contribution >= 4 is 54.9 Å². The van der Waals surface area contributed by atoms with Gasteiger partial charge in [-0.1, -0.05) is 104 Å². The first-order chi connectivity index (χ1) is 18.7. The smallest absolute Gasteiger partial charge is 0.0541 e. The number of rotatable bonds is 5. The maximum Gasteiger partial charge on any atom is 0.0541 e. The Labute approximate surface area is 221 Å². The number of hydrogen-bond acceptors (Lipinski definition) is 0. The summed E-state index contributed by atoms with van der Waals surface area (Å²) in [7, 11) is 0. The molecule has 0 saturated heterocycles. The van der Waals surface area contributed by atoms with Crippen LogP contribution in [0.25, 0.3) is 60.6 Å². The van der Waals surface area contributed by atoms with Crippen molar-refractivity contribution in [3.8, 4) is 5.69 Å². The fraction of sp³-hybridized carbons (Fsp3) is 0. The van der Waals surface area contributed by atoms with Crippen molar-refractivity contribution in [1.29, 1.82) is 0 Å². The Hall–Kier alpha value is -5.08. The normalized spacial score (nSPS) is 11.8. The predicted octanol–water partition coefficient (Wildman–Crippen LogP) is 9.63. The number of benzene rings is 5. The summed E-state index contributed by atoms with van der Waals surface area (Å²) in [6, 6.07) is 42.8. The summed E-state index contributed by atoms with van der Waals surface area (Å²) in [5, 5.41) is 5.00. The van der Waals surface area contributed by atoms with Gasteiger partial charge in [0.1, 0.15) is 0 Å². The number of allylic oxidation sites excluding steroid dienone is 4. The Balaban J connectivity index is 1.21. The van der Waals surface area contributed by atoms with Gasteiger partial charge < -0.3 is 9.13 Å². The van der Waals surface area contributed by atoms with Gasteiger partial charge in [0.2, 0.25) is 0 Å². The molecule has 0 saturated carbocycles. The molecular weight excluding hydrogens is 460 g/mol. The number of aromatic nitrogens is 2. The van der Waals surface area contributed by atoms with Crippen molar-refractivity contribution in [2.24, 2.45) is 0 Å². The average Bonchev–Trinajstić information content (AvgIpc) is 3.49. The molecule has 0 bridgehead atoms. The largest absolute Gasteiger partial charge is 0.310 e. The zero-order chi connectivity index (χ0) is 25.6. The summed E-state index contributed by atoms with van der Waals surface area (Å²) in [5.41, 5.74) is 8.81. The number of hydrogen-bond donors (Lipinski definition) is 0. The monoisotopic (exact) mass is 486 g/mol. The van der Waals surface area contributed by atoms with Crippen LogP contribution >= 0.6 is 0 Å². The van der Waals surface area contributed by atoms with E-state index in [1.54, 1.807) is 0 Å². The summed E-state index contributed by atoms with van der Waals surface area (Å²) in [4.78, 5) is 0. The summed E-state index contributed by atoms with van der Waals surface area (Å²) < 4.78 is 4.55. The third kappa shape index (κ3) is 3.42. The first-order valence-electron chi connectivity index (χ1n) is 12.8. The van der Waals surface area contributed by atoms with Gasteiger partial charge in [0.05, 0.1) is 22.1 Å². The van der Waals surface area contributed by atoms with Gasteiger partial charge >= 0.3 is 0 Å². The van der Waals surface area contributed by atoms with Crippen molar-refractivity contribution in [3.05, 3.63) is 152 Å². The van der Waals surface area contributed by atoms with Crippen LogP contribution in [0.2, 0.25) is 0 Å². The standard InChI is InChI=1S/C36H26N2/c1-25(19-20-26(2)37-33-15-7-3-11-29(33)30-12-4-8-16-34(30)37)27-21-23-28(24-22-27)38-35-17-9-5-13-31(35)32-14-6-10-18-36(32)38/h3-24H,1-2H2/b20-19-. The minimum absolute atomic E-state index is 0.908. The zero-order valence-corrected chi connectivity index (χ0v) is 21.0. The van der Waals surface area contributed by atoms with Crippen LogP contribution in [-0.2, 0) is 0 Å². The lowest BCUT2D eigenvalue weighted by molar-refractivity contribution is 1.18. The molecule has 2 aromatic heterocycles. The van der Waals surface area contributed by atoms with Crippen LogP contribution < -0.4 is 0 Å². The quantitative estimate of drug-likeness (QED) is 0.214. The Kier molecular flexibility index (Phi) is 5.12. The SMILES string of the molecule is C=C(/C=C\C(=C)n1c2ccccc2c2ccccc21)c1ccc(-n2c3ccccc3c3ccccc32)cc1. The van der Waals surface area contributed by atoms with Crippen LogP contribution in [-0.4, -0.2) is 9.13 Å². The van der Waals surface area contributed by atoms with Crippen LogP contribution in [0.5, 0.6) is 0 Å². The molecule has 0 N–H and O–H groups in total. The van der Waals surface area contributed by atoms with E-state index in [4.69, 9.17) is 0 Å². The van der Waals surface area contributed by atoms with E-state index >= 15 is 0 Å². The van der Waals surface area contributed by atoms with E-state index in [1.165, 1.54) is 32.6 Å². The van der Waals surface area contributed by atoms with Crippen molar-refractivity contribution in [1.82, 2.24) is 9.13 Å². The summed E-state index contributed by atoms with van der Waals surface area (Å²) in [6.07, 6.45) is 4.11. The van der Waals surface area contributed by atoms with Gasteiger partial charge in [0.25, 0.3) is 0 Å². The Morgan fingerprint density at radius 3 is 1.39 bits per heavy atom. The van der Waals surface area contributed by atoms with Crippen LogP contribution in [0.3, 0.4) is 0 Å². The molecule has 0 atom stereocenters. The highest BCUT2D eigenvalue weighted by Crippen LogP contribution is 2.33. The van der Waals surface area contributed by atoms with Crippen molar-refractivity contribution in [2.45, 2.75) is 0 Å². The molecule has 0 fully saturated rings. The van der Waals surface area contributed by atoms with Crippen molar-refractivity contribution in [2.75, 3.05) is 0 Å². The van der Waals surface area contributed by atoms with E-state index < -0.39 is 0 Å². The van der Waals surface area contributed by atoms with Crippen LogP contribution in [0.15, 0.2) is 147 Å². The summed E-state index contributed by atoms with van der Waals surface area (Å²) in [6.45, 7) is 8.75. The lowest BCUT2D eigenvalue weighted by atomic mass is 10.1. The average molecular weight is 487 g/mol. The third-order valence-electron chi connectivity index (χ3n) is 7.42. The molecule has 180 valence electrons. The molecule has 2 heteroatoms. The molecule has 7 aromatic rings.